The second-order valence-corrected chi connectivity index (χ2v) is 4.34. The molecular formula is C16H17NO2. The van der Waals surface area contributed by atoms with Crippen LogP contribution in [0.25, 0.3) is 0 Å². The second-order valence-electron chi connectivity index (χ2n) is 4.34. The van der Waals surface area contributed by atoms with Crippen LogP contribution in [0.15, 0.2) is 59.5 Å². The summed E-state index contributed by atoms with van der Waals surface area (Å²) in [5.74, 6) is 2.69. The van der Waals surface area contributed by atoms with E-state index < -0.39 is 0 Å². The zero-order valence-electron chi connectivity index (χ0n) is 11.0. The highest BCUT2D eigenvalue weighted by Crippen LogP contribution is 2.20. The third-order valence-electron chi connectivity index (χ3n) is 3.05. The molecule has 0 aliphatic heterocycles. The molecule has 98 valence electrons. The van der Waals surface area contributed by atoms with Crippen LogP contribution in [0.5, 0.6) is 0 Å². The number of hydrogen-bond acceptors (Lipinski definition) is 3. The van der Waals surface area contributed by atoms with Gasteiger partial charge in [-0.2, -0.15) is 0 Å². The molecule has 1 aliphatic rings. The van der Waals surface area contributed by atoms with Gasteiger partial charge in [-0.25, -0.2) is 4.79 Å². The van der Waals surface area contributed by atoms with E-state index in [1.807, 2.05) is 30.2 Å². The zero-order valence-corrected chi connectivity index (χ0v) is 11.0. The molecular weight excluding hydrogens is 238 g/mol. The van der Waals surface area contributed by atoms with Gasteiger partial charge >= 0.3 is 0 Å². The highest BCUT2D eigenvalue weighted by Gasteiger charge is 2.12. The monoisotopic (exact) mass is 255 g/mol. The predicted octanol–water partition coefficient (Wildman–Crippen LogP) is 2.39. The number of allylic oxidation sites excluding steroid dienone is 3. The van der Waals surface area contributed by atoms with Crippen molar-refractivity contribution in [3.05, 3.63) is 65.1 Å². The number of nitrogens with one attached hydrogen (secondary N) is 1. The van der Waals surface area contributed by atoms with Gasteiger partial charge in [0.25, 0.3) is 0 Å². The molecule has 0 saturated carbocycles. The average molecular weight is 255 g/mol. The van der Waals surface area contributed by atoms with Gasteiger partial charge in [0.15, 0.2) is 0 Å². The maximum absolute atomic E-state index is 10.6. The molecule has 0 amide bonds. The first-order valence-corrected chi connectivity index (χ1v) is 6.30. The van der Waals surface area contributed by atoms with Crippen LogP contribution < -0.4 is 5.32 Å². The molecule has 19 heavy (non-hydrogen) atoms. The molecule has 0 bridgehead atoms. The van der Waals surface area contributed by atoms with Crippen molar-refractivity contribution in [2.45, 2.75) is 12.8 Å². The number of carbonyl (C=O) groups excluding carboxylic acids is 1. The van der Waals surface area contributed by atoms with Gasteiger partial charge in [-0.1, -0.05) is 30.3 Å². The molecule has 0 fully saturated rings. The van der Waals surface area contributed by atoms with Crippen molar-refractivity contribution < 1.29 is 9.53 Å². The molecule has 0 atom stereocenters. The number of benzene rings is 1. The third-order valence-corrected chi connectivity index (χ3v) is 3.05. The fraction of sp³-hybridized carbons (Fsp3) is 0.250. The highest BCUT2D eigenvalue weighted by atomic mass is 16.5. The fourth-order valence-electron chi connectivity index (χ4n) is 2.00. The van der Waals surface area contributed by atoms with E-state index in [4.69, 9.17) is 4.74 Å². The first kappa shape index (κ1) is 13.2. The highest BCUT2D eigenvalue weighted by molar-refractivity contribution is 5.60. The van der Waals surface area contributed by atoms with Gasteiger partial charge in [-0.3, -0.25) is 0 Å². The molecule has 0 heterocycles. The summed E-state index contributed by atoms with van der Waals surface area (Å²) >= 11 is 0. The van der Waals surface area contributed by atoms with E-state index in [-0.39, 0.29) is 0 Å². The minimum absolute atomic E-state index is 0.504. The van der Waals surface area contributed by atoms with Crippen molar-refractivity contribution in [3.63, 3.8) is 0 Å². The molecule has 1 aliphatic carbocycles. The Balaban J connectivity index is 1.93. The van der Waals surface area contributed by atoms with Crippen LogP contribution in [0.3, 0.4) is 0 Å². The number of rotatable bonds is 5. The summed E-state index contributed by atoms with van der Waals surface area (Å²) in [5, 5.41) is 3.34. The average Bonchev–Trinajstić information content (AvgIpc) is 2.48. The van der Waals surface area contributed by atoms with E-state index in [1.165, 1.54) is 5.56 Å². The molecule has 0 unspecified atom stereocenters. The molecule has 1 N–H and O–H groups in total. The van der Waals surface area contributed by atoms with Crippen molar-refractivity contribution in [3.8, 4) is 0 Å². The summed E-state index contributed by atoms with van der Waals surface area (Å²) in [6, 6.07) is 10.3. The lowest BCUT2D eigenvalue weighted by Gasteiger charge is -2.16. The van der Waals surface area contributed by atoms with Gasteiger partial charge in [-0.05, 0) is 24.1 Å². The molecule has 0 aromatic heterocycles. The summed E-state index contributed by atoms with van der Waals surface area (Å²) in [5.41, 5.74) is 2.85. The molecule has 0 spiro atoms. The lowest BCUT2D eigenvalue weighted by atomic mass is 10.1. The first-order valence-electron chi connectivity index (χ1n) is 6.30. The van der Waals surface area contributed by atoms with Gasteiger partial charge in [0.2, 0.25) is 0 Å². The van der Waals surface area contributed by atoms with E-state index in [0.29, 0.717) is 12.0 Å². The van der Waals surface area contributed by atoms with Gasteiger partial charge in [0, 0.05) is 18.5 Å². The van der Waals surface area contributed by atoms with Gasteiger partial charge in [-0.15, -0.1) is 0 Å². The third kappa shape index (κ3) is 3.60. The minimum atomic E-state index is 0.504. The molecule has 1 aromatic carbocycles. The molecule has 3 nitrogen and oxygen atoms in total. The smallest absolute Gasteiger partial charge is 0.128 e. The van der Waals surface area contributed by atoms with E-state index >= 15 is 0 Å². The van der Waals surface area contributed by atoms with Crippen LogP contribution >= 0.6 is 0 Å². The van der Waals surface area contributed by atoms with Crippen molar-refractivity contribution in [2.24, 2.45) is 0 Å². The summed E-state index contributed by atoms with van der Waals surface area (Å²) in [7, 11) is 1.62. The maximum Gasteiger partial charge on any atom is 0.128 e. The Morgan fingerprint density at radius 3 is 2.74 bits per heavy atom. The van der Waals surface area contributed by atoms with Crippen LogP contribution in [-0.4, -0.2) is 19.6 Å². The Hall–Kier alpha value is -2.25. The van der Waals surface area contributed by atoms with E-state index in [1.54, 1.807) is 13.2 Å². The Morgan fingerprint density at radius 1 is 1.26 bits per heavy atom. The van der Waals surface area contributed by atoms with Gasteiger partial charge in [0.05, 0.1) is 12.8 Å². The van der Waals surface area contributed by atoms with E-state index in [9.17, 15) is 4.79 Å². The van der Waals surface area contributed by atoms with Crippen molar-refractivity contribution in [1.82, 2.24) is 5.32 Å². The maximum atomic E-state index is 10.6. The Labute approximate surface area is 113 Å². The summed E-state index contributed by atoms with van der Waals surface area (Å²) in [4.78, 5) is 10.6. The molecule has 1 aromatic rings. The van der Waals surface area contributed by atoms with Crippen LogP contribution in [0.4, 0.5) is 0 Å². The van der Waals surface area contributed by atoms with Crippen LogP contribution in [-0.2, 0) is 16.0 Å². The Kier molecular flexibility index (Phi) is 4.60. The van der Waals surface area contributed by atoms with Crippen LogP contribution in [0.1, 0.15) is 12.0 Å². The molecule has 3 heteroatoms. The minimum Gasteiger partial charge on any atom is -0.499 e. The summed E-state index contributed by atoms with van der Waals surface area (Å²) in [6.07, 6.45) is 5.10. The quantitative estimate of drug-likeness (QED) is 0.821. The van der Waals surface area contributed by atoms with Crippen LogP contribution in [0.2, 0.25) is 0 Å². The second kappa shape index (κ2) is 6.62. The van der Waals surface area contributed by atoms with Gasteiger partial charge < -0.3 is 10.1 Å². The molecule has 2 rings (SSSR count). The van der Waals surface area contributed by atoms with E-state index in [0.717, 1.165) is 24.4 Å². The van der Waals surface area contributed by atoms with Gasteiger partial charge in [0.1, 0.15) is 11.7 Å². The van der Waals surface area contributed by atoms with Crippen molar-refractivity contribution in [2.75, 3.05) is 13.7 Å². The molecule has 0 saturated heterocycles. The van der Waals surface area contributed by atoms with Crippen molar-refractivity contribution in [1.29, 1.82) is 0 Å². The Morgan fingerprint density at radius 2 is 2.05 bits per heavy atom. The Bertz CT molecular complexity index is 537. The topological polar surface area (TPSA) is 38.3 Å². The first-order chi connectivity index (χ1) is 9.33. The summed E-state index contributed by atoms with van der Waals surface area (Å²) in [6.45, 7) is 0.830. The van der Waals surface area contributed by atoms with Crippen molar-refractivity contribution >= 4 is 5.94 Å². The number of ether oxygens (including phenoxy) is 1. The lowest BCUT2D eigenvalue weighted by molar-refractivity contribution is 0.276. The zero-order chi connectivity index (χ0) is 13.5. The molecule has 0 radical (unpaired) electrons. The number of methoxy groups -OCH3 is 1. The summed E-state index contributed by atoms with van der Waals surface area (Å²) < 4.78 is 5.30. The normalized spacial score (nSPS) is 14.3. The number of hydrogen-bond donors (Lipinski definition) is 1. The predicted molar refractivity (Wildman–Crippen MR) is 75.1 cm³/mol. The lowest BCUT2D eigenvalue weighted by Crippen LogP contribution is -2.19. The standard InChI is InChI=1S/C16H17NO2/c1-19-16-11-14(12-18)7-8-15(16)17-10-9-13-5-3-2-4-6-13/h2-8,17H,9-11H2,1H3. The SMILES string of the molecule is COC1=C(NCCc2ccccc2)C=CC(=C=O)C1. The van der Waals surface area contributed by atoms with Crippen LogP contribution in [0, 0.1) is 0 Å². The van der Waals surface area contributed by atoms with E-state index in [2.05, 4.69) is 17.4 Å². The largest absolute Gasteiger partial charge is 0.499 e. The fourth-order valence-corrected chi connectivity index (χ4v) is 2.00.